The van der Waals surface area contributed by atoms with Crippen LogP contribution in [0.5, 0.6) is 0 Å². The third-order valence-corrected chi connectivity index (χ3v) is 8.29. The van der Waals surface area contributed by atoms with Crippen molar-refractivity contribution in [2.24, 2.45) is 0 Å². The zero-order valence-electron chi connectivity index (χ0n) is 21.3. The molecule has 1 aliphatic carbocycles. The monoisotopic (exact) mass is 487 g/mol. The average molecular weight is 488 g/mol. The van der Waals surface area contributed by atoms with Gasteiger partial charge in [0.25, 0.3) is 0 Å². The van der Waals surface area contributed by atoms with Gasteiger partial charge in [-0.3, -0.25) is 4.98 Å². The molecule has 0 spiro atoms. The summed E-state index contributed by atoms with van der Waals surface area (Å²) >= 11 is 0. The molecular formula is C36H25NO. The lowest BCUT2D eigenvalue weighted by atomic mass is 9.74. The predicted octanol–water partition coefficient (Wildman–Crippen LogP) is 9.77. The fourth-order valence-electron chi connectivity index (χ4n) is 6.52. The molecule has 2 nitrogen and oxygen atoms in total. The Balaban J connectivity index is 1.61. The molecule has 8 rings (SSSR count). The molecule has 2 heteroatoms. The molecule has 0 N–H and O–H groups in total. The zero-order chi connectivity index (χ0) is 25.4. The Morgan fingerprint density at radius 1 is 0.579 bits per heavy atom. The highest BCUT2D eigenvalue weighted by atomic mass is 16.3. The van der Waals surface area contributed by atoms with Crippen LogP contribution in [0.2, 0.25) is 0 Å². The minimum absolute atomic E-state index is 0.292. The number of hydrogen-bond donors (Lipinski definition) is 0. The van der Waals surface area contributed by atoms with E-state index in [-0.39, 0.29) is 5.41 Å². The first-order valence-corrected chi connectivity index (χ1v) is 13.1. The second-order valence-corrected chi connectivity index (χ2v) is 10.8. The molecule has 38 heavy (non-hydrogen) atoms. The van der Waals surface area contributed by atoms with Gasteiger partial charge in [0.1, 0.15) is 11.2 Å². The number of hydrogen-bond acceptors (Lipinski definition) is 2. The maximum Gasteiger partial charge on any atom is 0.143 e. The second-order valence-electron chi connectivity index (χ2n) is 10.8. The van der Waals surface area contributed by atoms with Gasteiger partial charge in [-0.05, 0) is 33.7 Å². The topological polar surface area (TPSA) is 26.0 Å². The number of benzene rings is 5. The molecular weight excluding hydrogens is 462 g/mol. The van der Waals surface area contributed by atoms with Crippen molar-refractivity contribution < 1.29 is 4.42 Å². The van der Waals surface area contributed by atoms with E-state index in [1.54, 1.807) is 0 Å². The van der Waals surface area contributed by atoms with E-state index in [0.717, 1.165) is 50.1 Å². The summed E-state index contributed by atoms with van der Waals surface area (Å²) in [6.07, 6.45) is 2.02. The predicted molar refractivity (Wildman–Crippen MR) is 157 cm³/mol. The van der Waals surface area contributed by atoms with Crippen molar-refractivity contribution in [1.82, 2.24) is 4.98 Å². The van der Waals surface area contributed by atoms with Crippen LogP contribution in [0.25, 0.3) is 66.2 Å². The van der Waals surface area contributed by atoms with Gasteiger partial charge in [-0.1, -0.05) is 117 Å². The highest BCUT2D eigenvalue weighted by Crippen LogP contribution is 2.53. The molecule has 0 amide bonds. The summed E-state index contributed by atoms with van der Waals surface area (Å²) in [6, 6.07) is 38.7. The number of pyridine rings is 1. The van der Waals surface area contributed by atoms with Crippen molar-refractivity contribution in [3.8, 4) is 33.5 Å². The summed E-state index contributed by atoms with van der Waals surface area (Å²) in [6.45, 7) is 4.67. The lowest BCUT2D eigenvalue weighted by Gasteiger charge is -2.29. The normalized spacial score (nSPS) is 13.7. The SMILES string of the molecule is CC1(C)c2c(ncc3ccccc23)-c2ccc(-c3ccccc3)c3oc4c(-c5ccccc5)ccc1c4c23. The van der Waals surface area contributed by atoms with Gasteiger partial charge in [0.05, 0.1) is 5.69 Å². The molecule has 0 radical (unpaired) electrons. The van der Waals surface area contributed by atoms with E-state index in [0.29, 0.717) is 0 Å². The van der Waals surface area contributed by atoms with Crippen LogP contribution in [0.3, 0.4) is 0 Å². The van der Waals surface area contributed by atoms with E-state index in [1.165, 1.54) is 27.3 Å². The number of rotatable bonds is 2. The van der Waals surface area contributed by atoms with Crippen LogP contribution in [0.1, 0.15) is 25.0 Å². The van der Waals surface area contributed by atoms with Crippen LogP contribution in [0.15, 0.2) is 120 Å². The third-order valence-electron chi connectivity index (χ3n) is 8.29. The fourth-order valence-corrected chi connectivity index (χ4v) is 6.52. The maximum absolute atomic E-state index is 6.95. The van der Waals surface area contributed by atoms with Crippen LogP contribution in [-0.4, -0.2) is 4.98 Å². The van der Waals surface area contributed by atoms with Gasteiger partial charge in [0.15, 0.2) is 0 Å². The molecule has 0 fully saturated rings. The molecule has 0 atom stereocenters. The molecule has 2 heterocycles. The molecule has 0 saturated carbocycles. The van der Waals surface area contributed by atoms with Crippen molar-refractivity contribution in [1.29, 1.82) is 0 Å². The Kier molecular flexibility index (Phi) is 4.31. The Bertz CT molecular complexity index is 2030. The van der Waals surface area contributed by atoms with Gasteiger partial charge in [-0.2, -0.15) is 0 Å². The summed E-state index contributed by atoms with van der Waals surface area (Å²) in [5.74, 6) is 0. The van der Waals surface area contributed by atoms with Crippen molar-refractivity contribution in [2.45, 2.75) is 19.3 Å². The quantitative estimate of drug-likeness (QED) is 0.242. The first kappa shape index (κ1) is 21.4. The third kappa shape index (κ3) is 2.80. The smallest absolute Gasteiger partial charge is 0.143 e. The highest BCUT2D eigenvalue weighted by molar-refractivity contribution is 6.21. The van der Waals surface area contributed by atoms with Crippen LogP contribution >= 0.6 is 0 Å². The van der Waals surface area contributed by atoms with Gasteiger partial charge >= 0.3 is 0 Å². The van der Waals surface area contributed by atoms with E-state index in [9.17, 15) is 0 Å². The Morgan fingerprint density at radius 3 is 1.87 bits per heavy atom. The molecule has 5 aromatic carbocycles. The van der Waals surface area contributed by atoms with Gasteiger partial charge in [-0.25, -0.2) is 0 Å². The lowest BCUT2D eigenvalue weighted by Crippen LogP contribution is -2.20. The summed E-state index contributed by atoms with van der Waals surface area (Å²) in [5.41, 5.74) is 10.8. The van der Waals surface area contributed by atoms with Crippen molar-refractivity contribution in [3.05, 3.63) is 127 Å². The fraction of sp³-hybridized carbons (Fsp3) is 0.0833. The summed E-state index contributed by atoms with van der Waals surface area (Å²) in [4.78, 5) is 5.12. The average Bonchev–Trinajstić information content (AvgIpc) is 3.33. The Labute approximate surface area is 221 Å². The molecule has 180 valence electrons. The second kappa shape index (κ2) is 7.66. The van der Waals surface area contributed by atoms with Gasteiger partial charge in [0, 0.05) is 44.5 Å². The van der Waals surface area contributed by atoms with Crippen LogP contribution < -0.4 is 0 Å². The molecule has 0 bridgehead atoms. The molecule has 0 unspecified atom stereocenters. The number of furan rings is 1. The summed E-state index contributed by atoms with van der Waals surface area (Å²) in [5, 5.41) is 4.77. The van der Waals surface area contributed by atoms with E-state index in [4.69, 9.17) is 9.40 Å². The van der Waals surface area contributed by atoms with Crippen LogP contribution in [0, 0.1) is 0 Å². The molecule has 0 aliphatic heterocycles. The molecule has 2 aromatic heterocycles. The molecule has 0 saturated heterocycles. The van der Waals surface area contributed by atoms with Gasteiger partial charge in [-0.15, -0.1) is 0 Å². The minimum Gasteiger partial charge on any atom is -0.455 e. The Morgan fingerprint density at radius 2 is 1.16 bits per heavy atom. The van der Waals surface area contributed by atoms with Crippen LogP contribution in [0.4, 0.5) is 0 Å². The lowest BCUT2D eigenvalue weighted by molar-refractivity contribution is 0.647. The highest BCUT2D eigenvalue weighted by Gasteiger charge is 2.37. The Hall–Kier alpha value is -4.69. The largest absolute Gasteiger partial charge is 0.455 e. The minimum atomic E-state index is -0.292. The zero-order valence-corrected chi connectivity index (χ0v) is 21.3. The summed E-state index contributed by atoms with van der Waals surface area (Å²) < 4.78 is 6.95. The van der Waals surface area contributed by atoms with E-state index in [2.05, 4.69) is 123 Å². The van der Waals surface area contributed by atoms with E-state index >= 15 is 0 Å². The van der Waals surface area contributed by atoms with Crippen molar-refractivity contribution in [3.63, 3.8) is 0 Å². The van der Waals surface area contributed by atoms with Gasteiger partial charge < -0.3 is 4.42 Å². The molecule has 1 aliphatic rings. The standard InChI is InChI=1S/C36H25NO/c1-36(2)29-20-19-27(23-13-7-4-8-14-23)35-31(29)30-28(33-32(36)25-16-10-9-15-24(25)21-37-33)18-17-26(34(30)38-35)22-11-5-3-6-12-22/h3-21H,1-2H3. The maximum atomic E-state index is 6.95. The van der Waals surface area contributed by atoms with Crippen LogP contribution in [-0.2, 0) is 5.41 Å². The number of aromatic nitrogens is 1. The number of nitrogens with zero attached hydrogens (tertiary/aromatic N) is 1. The molecule has 7 aromatic rings. The first-order valence-electron chi connectivity index (χ1n) is 13.1. The first-order chi connectivity index (χ1) is 18.6. The van der Waals surface area contributed by atoms with Gasteiger partial charge in [0.2, 0.25) is 0 Å². The summed E-state index contributed by atoms with van der Waals surface area (Å²) in [7, 11) is 0. The number of fused-ring (bicyclic) bond motifs is 4. The van der Waals surface area contributed by atoms with Crippen molar-refractivity contribution in [2.75, 3.05) is 0 Å². The van der Waals surface area contributed by atoms with E-state index < -0.39 is 0 Å². The van der Waals surface area contributed by atoms with E-state index in [1.807, 2.05) is 6.20 Å². The van der Waals surface area contributed by atoms with Crippen molar-refractivity contribution >= 4 is 32.7 Å².